The molecule has 0 bridgehead atoms. The van der Waals surface area contributed by atoms with Crippen molar-refractivity contribution in [1.82, 2.24) is 9.78 Å². The Hall–Kier alpha value is -3.74. The standard InChI is InChI=1S/C22H16F2N2O3/c1-28-22(27)21-11-10-18(29-21)13-26-20(15-4-8-17(24)9-5-15)12-19(25-26)14-2-6-16(23)7-3-14/h2-12H,13H2,1H3. The Labute approximate surface area is 165 Å². The number of rotatable bonds is 5. The number of hydrogen-bond donors (Lipinski definition) is 0. The van der Waals surface area contributed by atoms with Crippen molar-refractivity contribution in [3.63, 3.8) is 0 Å². The number of methoxy groups -OCH3 is 1. The van der Waals surface area contributed by atoms with Crippen LogP contribution in [-0.2, 0) is 11.3 Å². The van der Waals surface area contributed by atoms with E-state index in [1.54, 1.807) is 35.0 Å². The maximum Gasteiger partial charge on any atom is 0.373 e. The third-order valence-corrected chi connectivity index (χ3v) is 4.41. The maximum atomic E-state index is 13.4. The first-order valence-corrected chi connectivity index (χ1v) is 8.80. The van der Waals surface area contributed by atoms with Gasteiger partial charge in [0, 0.05) is 11.1 Å². The highest BCUT2D eigenvalue weighted by atomic mass is 19.1. The van der Waals surface area contributed by atoms with E-state index in [1.807, 2.05) is 6.07 Å². The molecule has 7 heteroatoms. The quantitative estimate of drug-likeness (QED) is 0.451. The molecule has 0 saturated heterocycles. The zero-order valence-corrected chi connectivity index (χ0v) is 15.4. The van der Waals surface area contributed by atoms with Gasteiger partial charge in [-0.1, -0.05) is 0 Å². The fourth-order valence-corrected chi connectivity index (χ4v) is 2.97. The van der Waals surface area contributed by atoms with E-state index in [-0.39, 0.29) is 23.9 Å². The Morgan fingerprint density at radius 2 is 1.59 bits per heavy atom. The van der Waals surface area contributed by atoms with Crippen molar-refractivity contribution in [2.24, 2.45) is 0 Å². The van der Waals surface area contributed by atoms with Gasteiger partial charge in [-0.05, 0) is 66.7 Å². The van der Waals surface area contributed by atoms with Gasteiger partial charge < -0.3 is 9.15 Å². The van der Waals surface area contributed by atoms with Gasteiger partial charge in [0.1, 0.15) is 17.4 Å². The van der Waals surface area contributed by atoms with E-state index in [1.165, 1.54) is 37.4 Å². The van der Waals surface area contributed by atoms with Gasteiger partial charge in [0.05, 0.1) is 25.0 Å². The van der Waals surface area contributed by atoms with Gasteiger partial charge in [-0.2, -0.15) is 5.10 Å². The maximum absolute atomic E-state index is 13.4. The van der Waals surface area contributed by atoms with Crippen LogP contribution in [0.25, 0.3) is 22.5 Å². The zero-order chi connectivity index (χ0) is 20.4. The Kier molecular flexibility index (Phi) is 4.95. The lowest BCUT2D eigenvalue weighted by Crippen LogP contribution is -2.04. The molecule has 0 aliphatic rings. The second-order valence-electron chi connectivity index (χ2n) is 6.34. The molecule has 2 aromatic heterocycles. The monoisotopic (exact) mass is 394 g/mol. The number of hydrogen-bond acceptors (Lipinski definition) is 4. The molecule has 0 saturated carbocycles. The van der Waals surface area contributed by atoms with Gasteiger partial charge in [-0.15, -0.1) is 0 Å². The molecule has 0 aliphatic carbocycles. The highest BCUT2D eigenvalue weighted by molar-refractivity contribution is 5.86. The minimum Gasteiger partial charge on any atom is -0.463 e. The number of halogens is 2. The predicted octanol–water partition coefficient (Wildman–Crippen LogP) is 4.92. The summed E-state index contributed by atoms with van der Waals surface area (Å²) in [6, 6.07) is 17.1. The molecule has 0 radical (unpaired) electrons. The SMILES string of the molecule is COC(=O)c1ccc(Cn2nc(-c3ccc(F)cc3)cc2-c2ccc(F)cc2)o1. The van der Waals surface area contributed by atoms with Crippen molar-refractivity contribution in [2.75, 3.05) is 7.11 Å². The first kappa shape index (κ1) is 18.6. The van der Waals surface area contributed by atoms with Crippen LogP contribution in [-0.4, -0.2) is 22.9 Å². The molecule has 5 nitrogen and oxygen atoms in total. The molecule has 2 aromatic carbocycles. The third-order valence-electron chi connectivity index (χ3n) is 4.41. The van der Waals surface area contributed by atoms with E-state index in [0.29, 0.717) is 11.5 Å². The van der Waals surface area contributed by atoms with Crippen LogP contribution in [0.15, 0.2) is 71.1 Å². The van der Waals surface area contributed by atoms with E-state index in [2.05, 4.69) is 9.84 Å². The first-order chi connectivity index (χ1) is 14.0. The van der Waals surface area contributed by atoms with Crippen LogP contribution in [0.2, 0.25) is 0 Å². The summed E-state index contributed by atoms with van der Waals surface area (Å²) in [6.07, 6.45) is 0. The number of aromatic nitrogens is 2. The molecule has 0 unspecified atom stereocenters. The van der Waals surface area contributed by atoms with Crippen molar-refractivity contribution in [1.29, 1.82) is 0 Å². The summed E-state index contributed by atoms with van der Waals surface area (Å²) < 4.78 is 38.5. The number of nitrogens with zero attached hydrogens (tertiary/aromatic N) is 2. The number of benzene rings is 2. The van der Waals surface area contributed by atoms with Crippen molar-refractivity contribution in [2.45, 2.75) is 6.54 Å². The Morgan fingerprint density at radius 3 is 2.21 bits per heavy atom. The average Bonchev–Trinajstić information content (AvgIpc) is 3.36. The second-order valence-corrected chi connectivity index (χ2v) is 6.34. The van der Waals surface area contributed by atoms with E-state index in [9.17, 15) is 13.6 Å². The van der Waals surface area contributed by atoms with Crippen LogP contribution in [0.1, 0.15) is 16.3 Å². The van der Waals surface area contributed by atoms with Crippen LogP contribution < -0.4 is 0 Å². The minimum atomic E-state index is -0.567. The molecule has 0 aliphatic heterocycles. The summed E-state index contributed by atoms with van der Waals surface area (Å²) in [5, 5.41) is 4.60. The minimum absolute atomic E-state index is 0.0942. The molecule has 29 heavy (non-hydrogen) atoms. The molecular weight excluding hydrogens is 378 g/mol. The third kappa shape index (κ3) is 3.94. The smallest absolute Gasteiger partial charge is 0.373 e. The highest BCUT2D eigenvalue weighted by Gasteiger charge is 2.16. The summed E-state index contributed by atoms with van der Waals surface area (Å²) in [5.74, 6) is -0.646. The van der Waals surface area contributed by atoms with Gasteiger partial charge >= 0.3 is 5.97 Å². The first-order valence-electron chi connectivity index (χ1n) is 8.80. The van der Waals surface area contributed by atoms with E-state index >= 15 is 0 Å². The number of ether oxygens (including phenoxy) is 1. The van der Waals surface area contributed by atoms with Crippen molar-refractivity contribution >= 4 is 5.97 Å². The summed E-state index contributed by atoms with van der Waals surface area (Å²) in [7, 11) is 1.28. The van der Waals surface area contributed by atoms with Crippen LogP contribution in [0.3, 0.4) is 0 Å². The van der Waals surface area contributed by atoms with E-state index < -0.39 is 5.97 Å². The largest absolute Gasteiger partial charge is 0.463 e. The lowest BCUT2D eigenvalue weighted by molar-refractivity contribution is 0.0563. The van der Waals surface area contributed by atoms with Crippen molar-refractivity contribution in [3.05, 3.63) is 89.9 Å². The fraction of sp³-hybridized carbons (Fsp3) is 0.0909. The molecule has 0 fully saturated rings. The summed E-state index contributed by atoms with van der Waals surface area (Å²) in [5.41, 5.74) is 2.85. The summed E-state index contributed by atoms with van der Waals surface area (Å²) >= 11 is 0. The Bertz CT molecular complexity index is 1150. The van der Waals surface area contributed by atoms with Crippen LogP contribution in [0, 0.1) is 11.6 Å². The molecule has 4 rings (SSSR count). The predicted molar refractivity (Wildman–Crippen MR) is 102 cm³/mol. The lowest BCUT2D eigenvalue weighted by Gasteiger charge is -2.06. The average molecular weight is 394 g/mol. The second kappa shape index (κ2) is 7.71. The van der Waals surface area contributed by atoms with Crippen molar-refractivity contribution in [3.8, 4) is 22.5 Å². The molecular formula is C22H16F2N2O3. The molecule has 0 spiro atoms. The zero-order valence-electron chi connectivity index (χ0n) is 15.4. The van der Waals surface area contributed by atoms with Crippen LogP contribution in [0.4, 0.5) is 8.78 Å². The number of furan rings is 1. The lowest BCUT2D eigenvalue weighted by atomic mass is 10.1. The van der Waals surface area contributed by atoms with E-state index in [0.717, 1.165) is 16.8 Å². The van der Waals surface area contributed by atoms with Gasteiger partial charge in [0.2, 0.25) is 5.76 Å². The normalized spacial score (nSPS) is 10.9. The molecule has 0 amide bonds. The van der Waals surface area contributed by atoms with Gasteiger partial charge in [-0.3, -0.25) is 4.68 Å². The molecule has 2 heterocycles. The molecule has 0 N–H and O–H groups in total. The molecule has 146 valence electrons. The van der Waals surface area contributed by atoms with Gasteiger partial charge in [0.15, 0.2) is 0 Å². The molecule has 0 atom stereocenters. The number of esters is 1. The highest BCUT2D eigenvalue weighted by Crippen LogP contribution is 2.27. The number of carbonyl (C=O) groups is 1. The van der Waals surface area contributed by atoms with Crippen LogP contribution >= 0.6 is 0 Å². The Morgan fingerprint density at radius 1 is 0.966 bits per heavy atom. The topological polar surface area (TPSA) is 57.3 Å². The van der Waals surface area contributed by atoms with Gasteiger partial charge in [-0.25, -0.2) is 13.6 Å². The van der Waals surface area contributed by atoms with Gasteiger partial charge in [0.25, 0.3) is 0 Å². The van der Waals surface area contributed by atoms with Crippen molar-refractivity contribution < 1.29 is 22.7 Å². The van der Waals surface area contributed by atoms with E-state index in [4.69, 9.17) is 4.42 Å². The summed E-state index contributed by atoms with van der Waals surface area (Å²) in [4.78, 5) is 11.6. The summed E-state index contributed by atoms with van der Waals surface area (Å²) in [6.45, 7) is 0.241. The Balaban J connectivity index is 1.74. The fourth-order valence-electron chi connectivity index (χ4n) is 2.97. The number of carbonyl (C=O) groups excluding carboxylic acids is 1. The molecule has 4 aromatic rings. The van der Waals surface area contributed by atoms with Crippen LogP contribution in [0.5, 0.6) is 0 Å².